The molecule has 6 aliphatic heterocycles. The number of esters is 2. The number of fused-ring (bicyclic) bond motifs is 4. The summed E-state index contributed by atoms with van der Waals surface area (Å²) >= 11 is 0. The van der Waals surface area contributed by atoms with Crippen LogP contribution in [-0.2, 0) is 71.2 Å². The summed E-state index contributed by atoms with van der Waals surface area (Å²) in [6.07, 6.45) is -25.2. The van der Waals surface area contributed by atoms with Gasteiger partial charge in [0.1, 0.15) is 109 Å². The lowest BCUT2D eigenvalue weighted by atomic mass is 9.41. The highest BCUT2D eigenvalue weighted by Gasteiger charge is 2.79. The molecule has 0 aromatic heterocycles. The zero-order valence-corrected chi connectivity index (χ0v) is 50.5. The third kappa shape index (κ3) is 11.3. The van der Waals surface area contributed by atoms with E-state index in [9.17, 15) is 65.8 Å². The Morgan fingerprint density at radius 1 is 0.663 bits per heavy atom. The molecule has 488 valence electrons. The number of rotatable bonds is 15. The molecule has 9 fully saturated rings. The van der Waals surface area contributed by atoms with E-state index < -0.39 is 194 Å². The Balaban J connectivity index is 0.889. The number of ether oxygens (including phenoxy) is 13. The van der Waals surface area contributed by atoms with E-state index in [0.29, 0.717) is 38.5 Å². The highest BCUT2D eigenvalue weighted by Crippen LogP contribution is 2.76. The topological polar surface area (TPSA) is 377 Å². The van der Waals surface area contributed by atoms with Crippen molar-refractivity contribution in [2.24, 2.45) is 39.4 Å². The highest BCUT2D eigenvalue weighted by molar-refractivity contribution is 5.84. The third-order valence-electron chi connectivity index (χ3n) is 21.3. The van der Waals surface area contributed by atoms with Crippen LogP contribution in [0.1, 0.15) is 101 Å². The van der Waals surface area contributed by atoms with E-state index in [-0.39, 0.29) is 36.4 Å². The molecule has 31 atom stereocenters. The average molecular weight is 1230 g/mol. The molecule has 1 spiro atoms. The Morgan fingerprint density at radius 2 is 1.27 bits per heavy atom. The minimum atomic E-state index is -1.93. The molecule has 0 aromatic carbocycles. The van der Waals surface area contributed by atoms with Crippen LogP contribution in [0.25, 0.3) is 0 Å². The molecular formula is C60H92O26. The number of carbonyl (C=O) groups excluding carboxylic acids is 2. The molecule has 26 nitrogen and oxygen atoms in total. The molecule has 0 bridgehead atoms. The van der Waals surface area contributed by atoms with Crippen molar-refractivity contribution in [3.63, 3.8) is 0 Å². The molecule has 4 aliphatic carbocycles. The summed E-state index contributed by atoms with van der Waals surface area (Å²) in [5.74, 6) is -1.08. The van der Waals surface area contributed by atoms with Crippen molar-refractivity contribution in [2.75, 3.05) is 33.5 Å². The van der Waals surface area contributed by atoms with Crippen molar-refractivity contribution in [3.05, 3.63) is 35.5 Å². The smallest absolute Gasteiger partial charge is 0.314 e. The van der Waals surface area contributed by atoms with E-state index in [4.69, 9.17) is 61.6 Å². The van der Waals surface area contributed by atoms with Crippen molar-refractivity contribution >= 4 is 11.9 Å². The van der Waals surface area contributed by atoms with Crippen molar-refractivity contribution < 1.29 is 127 Å². The first-order valence-electron chi connectivity index (χ1n) is 30.3. The van der Waals surface area contributed by atoms with Crippen LogP contribution in [0, 0.1) is 39.4 Å². The maximum atomic E-state index is 14.7. The number of allylic oxidation sites excluding steroid dienone is 5. The standard InChI is InChI=1S/C60H92O26/c1-25(2)12-11-17-59(9)49-33(79-27(4)62)20-58(8)29-13-14-35-56(5,6)36(16-18-57(35,7)28(29)15-19-60(49,58)55(73)86-59)81-53-47(38(67)31(64)23-77-53)85-54-48(84-50-40(69)37(66)30(63)22-75-50)41(70)44(26(3)78-54)82-52-43(72)46(39(68)34(21-61)80-52)83-51-42(71)45(74-10)32(65)24-76-51/h11-13,17,26,28,30-54,61,63-72H,14-16,18-24H2,1-10H3/b17-11+/t26?,28?,30?,31?,32?,33?,34?,35?,36?,37?,38?,39?,40?,41?,42?,43?,44?,45?,46?,47?,48?,49?,50?,51?,52?,53?,54?,57?,58-,59-,60?/m0/s1. The SMILES string of the molecule is COC1C(O)COC(OC2C(O)C(CO)OC(OC3C(C)OC(OC4C(OC5CCC6(C)C7CCC89C(=O)O[C@@](C)(/C=C/C=C(C)C)C8C(OC(C)=O)C[C@@]9(C)C7=CCC6C5(C)C)OCC(O)C4O)C(OC4OCC(O)C(O)C4O)C3O)C2O)C1O. The molecule has 0 aromatic rings. The van der Waals surface area contributed by atoms with E-state index in [1.807, 2.05) is 39.0 Å². The Kier molecular flexibility index (Phi) is 19.3. The first-order valence-corrected chi connectivity index (χ1v) is 30.3. The van der Waals surface area contributed by atoms with Gasteiger partial charge in [0.2, 0.25) is 0 Å². The molecule has 6 heterocycles. The summed E-state index contributed by atoms with van der Waals surface area (Å²) in [6.45, 7) is 15.4. The van der Waals surface area contributed by atoms with Gasteiger partial charge in [0.05, 0.1) is 50.0 Å². The second-order valence-corrected chi connectivity index (χ2v) is 27.1. The van der Waals surface area contributed by atoms with Gasteiger partial charge in [0.15, 0.2) is 31.5 Å². The largest absolute Gasteiger partial charge is 0.462 e. The molecule has 0 amide bonds. The van der Waals surface area contributed by atoms with Crippen LogP contribution < -0.4 is 0 Å². The van der Waals surface area contributed by atoms with Crippen LogP contribution in [0.3, 0.4) is 0 Å². The minimum absolute atomic E-state index is 0.00437. The van der Waals surface area contributed by atoms with Gasteiger partial charge >= 0.3 is 11.9 Å². The van der Waals surface area contributed by atoms with Crippen LogP contribution in [0.2, 0.25) is 0 Å². The van der Waals surface area contributed by atoms with Crippen molar-refractivity contribution in [1.82, 2.24) is 0 Å². The Hall–Kier alpha value is -2.72. The summed E-state index contributed by atoms with van der Waals surface area (Å²) in [6, 6.07) is 0. The first kappa shape index (κ1) is 66.2. The minimum Gasteiger partial charge on any atom is -0.462 e. The molecule has 3 saturated carbocycles. The quantitative estimate of drug-likeness (QED) is 0.0534. The molecule has 26 heteroatoms. The molecule has 6 saturated heterocycles. The third-order valence-corrected chi connectivity index (χ3v) is 21.3. The van der Waals surface area contributed by atoms with Gasteiger partial charge in [0, 0.05) is 19.4 Å². The molecule has 0 radical (unpaired) electrons. The zero-order chi connectivity index (χ0) is 62.5. The number of carbonyl (C=O) groups is 2. The van der Waals surface area contributed by atoms with Crippen molar-refractivity contribution in [1.29, 1.82) is 0 Å². The molecule has 10 aliphatic rings. The van der Waals surface area contributed by atoms with Gasteiger partial charge in [-0.2, -0.15) is 0 Å². The van der Waals surface area contributed by atoms with Gasteiger partial charge in [-0.05, 0) is 95.0 Å². The fourth-order valence-corrected chi connectivity index (χ4v) is 16.9. The second kappa shape index (κ2) is 25.1. The van der Waals surface area contributed by atoms with Gasteiger partial charge in [-0.3, -0.25) is 9.59 Å². The second-order valence-electron chi connectivity index (χ2n) is 27.1. The Labute approximate surface area is 500 Å². The number of aliphatic hydroxyl groups is 11. The fraction of sp³-hybridized carbons (Fsp3) is 0.867. The maximum Gasteiger partial charge on any atom is 0.314 e. The number of aliphatic hydroxyl groups excluding tert-OH is 11. The van der Waals surface area contributed by atoms with Crippen LogP contribution >= 0.6 is 0 Å². The molecule has 10 rings (SSSR count). The molecular weight excluding hydrogens is 1140 g/mol. The molecule has 29 unspecified atom stereocenters. The maximum absolute atomic E-state index is 14.7. The van der Waals surface area contributed by atoms with Crippen LogP contribution in [0.15, 0.2) is 35.5 Å². The van der Waals surface area contributed by atoms with E-state index in [0.717, 1.165) is 5.57 Å². The summed E-state index contributed by atoms with van der Waals surface area (Å²) in [5, 5.41) is 122. The van der Waals surface area contributed by atoms with E-state index >= 15 is 0 Å². The van der Waals surface area contributed by atoms with Gasteiger partial charge in [-0.25, -0.2) is 0 Å². The number of cyclic esters (lactones) is 1. The zero-order valence-electron chi connectivity index (χ0n) is 50.5. The Morgan fingerprint density at radius 3 is 1.93 bits per heavy atom. The highest BCUT2D eigenvalue weighted by atomic mass is 16.8. The van der Waals surface area contributed by atoms with E-state index in [2.05, 4.69) is 33.8 Å². The normalized spacial score (nSPS) is 51.8. The van der Waals surface area contributed by atoms with E-state index in [1.54, 1.807) is 0 Å². The predicted octanol–water partition coefficient (Wildman–Crippen LogP) is -0.968. The summed E-state index contributed by atoms with van der Waals surface area (Å²) in [7, 11) is 1.25. The first-order chi connectivity index (χ1) is 40.5. The van der Waals surface area contributed by atoms with Crippen molar-refractivity contribution in [2.45, 2.75) is 254 Å². The van der Waals surface area contributed by atoms with E-state index in [1.165, 1.54) is 26.5 Å². The van der Waals surface area contributed by atoms with Crippen molar-refractivity contribution in [3.8, 4) is 0 Å². The average Bonchev–Trinajstić information content (AvgIpc) is 1.46. The van der Waals surface area contributed by atoms with Gasteiger partial charge in [-0.1, -0.05) is 57.1 Å². The van der Waals surface area contributed by atoms with Gasteiger partial charge in [0.25, 0.3) is 0 Å². The summed E-state index contributed by atoms with van der Waals surface area (Å²) < 4.78 is 78.9. The van der Waals surface area contributed by atoms with Crippen LogP contribution in [-0.4, -0.2) is 255 Å². The van der Waals surface area contributed by atoms with Gasteiger partial charge in [-0.15, -0.1) is 0 Å². The predicted molar refractivity (Wildman–Crippen MR) is 292 cm³/mol. The number of hydrogen-bond acceptors (Lipinski definition) is 26. The lowest BCUT2D eigenvalue weighted by molar-refractivity contribution is -0.402. The number of methoxy groups -OCH3 is 1. The molecule has 86 heavy (non-hydrogen) atoms. The Bertz CT molecular complexity index is 2510. The van der Waals surface area contributed by atoms with Crippen LogP contribution in [0.4, 0.5) is 0 Å². The lowest BCUT2D eigenvalue weighted by Gasteiger charge is -2.63. The van der Waals surface area contributed by atoms with Gasteiger partial charge < -0.3 is 118 Å². The summed E-state index contributed by atoms with van der Waals surface area (Å²) in [4.78, 5) is 27.5. The van der Waals surface area contributed by atoms with Crippen LogP contribution in [0.5, 0.6) is 0 Å². The molecule has 11 N–H and O–H groups in total. The summed E-state index contributed by atoms with van der Waals surface area (Å²) in [5.41, 5.74) is -1.32. The fourth-order valence-electron chi connectivity index (χ4n) is 16.9. The number of hydrogen-bond donors (Lipinski definition) is 11. The lowest BCUT2D eigenvalue weighted by Crippen LogP contribution is -2.67. The monoisotopic (exact) mass is 1230 g/mol.